The number of halogens is 2. The molecule has 0 radical (unpaired) electrons. The number of hydrogen-bond acceptors (Lipinski definition) is 3. The highest BCUT2D eigenvalue weighted by atomic mass is 35.5. The summed E-state index contributed by atoms with van der Waals surface area (Å²) in [5.74, 6) is 0. The first-order valence-electron chi connectivity index (χ1n) is 1.35. The SMILES string of the molecule is O=S(=O)(O)OC(Cl)Cl. The second kappa shape index (κ2) is 2.84. The van der Waals surface area contributed by atoms with Crippen LogP contribution in [0.3, 0.4) is 0 Å². The number of alkyl halides is 2. The maximum atomic E-state index is 9.61. The fourth-order valence-electron chi connectivity index (χ4n) is 0.0919. The van der Waals surface area contributed by atoms with Gasteiger partial charge in [-0.1, -0.05) is 23.2 Å². The van der Waals surface area contributed by atoms with E-state index in [1.807, 2.05) is 0 Å². The van der Waals surface area contributed by atoms with Crippen molar-refractivity contribution in [3.63, 3.8) is 0 Å². The standard InChI is InChI=1S/CH2Cl2O4S/c2-1(3)7-8(4,5)6/h1H,(H,4,5,6). The Hall–Kier alpha value is 0.450. The largest absolute Gasteiger partial charge is 0.399 e. The van der Waals surface area contributed by atoms with E-state index in [4.69, 9.17) is 27.8 Å². The van der Waals surface area contributed by atoms with E-state index in [9.17, 15) is 8.42 Å². The molecule has 0 aromatic rings. The van der Waals surface area contributed by atoms with Gasteiger partial charge in [0, 0.05) is 0 Å². The quantitative estimate of drug-likeness (QED) is 0.499. The molecule has 1 N–H and O–H groups in total. The third kappa shape index (κ3) is 6.45. The molecule has 0 aliphatic carbocycles. The first kappa shape index (κ1) is 8.45. The normalized spacial score (nSPS) is 12.5. The molecule has 4 nitrogen and oxygen atoms in total. The summed E-state index contributed by atoms with van der Waals surface area (Å²) >= 11 is 9.53. The fraction of sp³-hybridized carbons (Fsp3) is 1.00. The lowest BCUT2D eigenvalue weighted by atomic mass is 11.7. The zero-order chi connectivity index (χ0) is 6.78. The van der Waals surface area contributed by atoms with Crippen molar-refractivity contribution in [3.8, 4) is 0 Å². The van der Waals surface area contributed by atoms with Gasteiger partial charge in [-0.15, -0.1) is 0 Å². The molecule has 0 aromatic heterocycles. The van der Waals surface area contributed by atoms with Gasteiger partial charge in [0.05, 0.1) is 0 Å². The van der Waals surface area contributed by atoms with Crippen LogP contribution in [0.5, 0.6) is 0 Å². The van der Waals surface area contributed by atoms with Gasteiger partial charge in [0.15, 0.2) is 0 Å². The Morgan fingerprint density at radius 1 is 1.50 bits per heavy atom. The van der Waals surface area contributed by atoms with Crippen LogP contribution in [0.15, 0.2) is 0 Å². The van der Waals surface area contributed by atoms with Crippen LogP contribution in [0, 0.1) is 0 Å². The van der Waals surface area contributed by atoms with Crippen molar-refractivity contribution in [2.45, 2.75) is 5.02 Å². The zero-order valence-corrected chi connectivity index (χ0v) is 5.74. The van der Waals surface area contributed by atoms with Gasteiger partial charge in [-0.3, -0.25) is 4.55 Å². The molecule has 0 spiro atoms. The average molecular weight is 181 g/mol. The second-order valence-electron chi connectivity index (χ2n) is 0.785. The average Bonchev–Trinajstić information content (AvgIpc) is 1.21. The monoisotopic (exact) mass is 180 g/mol. The van der Waals surface area contributed by atoms with Crippen molar-refractivity contribution in [3.05, 3.63) is 0 Å². The minimum Gasteiger partial charge on any atom is -0.263 e. The highest BCUT2D eigenvalue weighted by Crippen LogP contribution is 2.05. The molecular weight excluding hydrogens is 179 g/mol. The molecular formula is CH2Cl2O4S. The van der Waals surface area contributed by atoms with Gasteiger partial charge in [-0.05, 0) is 0 Å². The lowest BCUT2D eigenvalue weighted by molar-refractivity contribution is 0.291. The summed E-state index contributed by atoms with van der Waals surface area (Å²) in [5.41, 5.74) is 0. The molecule has 0 aliphatic rings. The Morgan fingerprint density at radius 3 is 1.88 bits per heavy atom. The van der Waals surface area contributed by atoms with Gasteiger partial charge >= 0.3 is 10.4 Å². The Labute approximate surface area is 56.3 Å². The molecule has 0 aliphatic heterocycles. The van der Waals surface area contributed by atoms with E-state index in [1.165, 1.54) is 0 Å². The van der Waals surface area contributed by atoms with E-state index in [1.54, 1.807) is 0 Å². The Bertz CT molecular complexity index is 147. The molecule has 0 aromatic carbocycles. The van der Waals surface area contributed by atoms with Crippen molar-refractivity contribution >= 4 is 33.6 Å². The summed E-state index contributed by atoms with van der Waals surface area (Å²) in [6, 6.07) is 0. The van der Waals surface area contributed by atoms with E-state index in [-0.39, 0.29) is 0 Å². The lowest BCUT2D eigenvalue weighted by Gasteiger charge is -1.95. The van der Waals surface area contributed by atoms with E-state index in [0.29, 0.717) is 0 Å². The van der Waals surface area contributed by atoms with Crippen LogP contribution in [-0.4, -0.2) is 18.0 Å². The van der Waals surface area contributed by atoms with Gasteiger partial charge in [0.2, 0.25) is 5.02 Å². The van der Waals surface area contributed by atoms with Gasteiger partial charge in [-0.25, -0.2) is 4.18 Å². The van der Waals surface area contributed by atoms with Gasteiger partial charge in [0.25, 0.3) is 0 Å². The topological polar surface area (TPSA) is 63.6 Å². The van der Waals surface area contributed by atoms with Crippen LogP contribution in [0.1, 0.15) is 0 Å². The minimum absolute atomic E-state index is 1.55. The highest BCUT2D eigenvalue weighted by molar-refractivity contribution is 7.81. The van der Waals surface area contributed by atoms with E-state index in [0.717, 1.165) is 0 Å². The summed E-state index contributed by atoms with van der Waals surface area (Å²) in [6.07, 6.45) is 0. The Balaban J connectivity index is 3.75. The smallest absolute Gasteiger partial charge is 0.263 e. The van der Waals surface area contributed by atoms with Gasteiger partial charge in [-0.2, -0.15) is 8.42 Å². The molecule has 0 rings (SSSR count). The molecule has 0 saturated heterocycles. The first-order valence-corrected chi connectivity index (χ1v) is 3.59. The molecule has 0 saturated carbocycles. The summed E-state index contributed by atoms with van der Waals surface area (Å²) < 4.78 is 30.5. The molecule has 0 amide bonds. The number of hydrogen-bond donors (Lipinski definition) is 1. The molecule has 0 fully saturated rings. The molecule has 0 unspecified atom stereocenters. The Morgan fingerprint density at radius 2 is 1.88 bits per heavy atom. The van der Waals surface area contributed by atoms with Crippen LogP contribution in [0.2, 0.25) is 0 Å². The third-order valence-electron chi connectivity index (χ3n) is 0.194. The predicted molar refractivity (Wildman–Crippen MR) is 28.1 cm³/mol. The summed E-state index contributed by atoms with van der Waals surface area (Å²) in [5, 5.41) is -1.55. The van der Waals surface area contributed by atoms with E-state index >= 15 is 0 Å². The van der Waals surface area contributed by atoms with Crippen LogP contribution >= 0.6 is 23.2 Å². The van der Waals surface area contributed by atoms with Crippen LogP contribution in [0.4, 0.5) is 0 Å². The summed E-state index contributed by atoms with van der Waals surface area (Å²) in [4.78, 5) is 0. The van der Waals surface area contributed by atoms with Crippen LogP contribution < -0.4 is 0 Å². The van der Waals surface area contributed by atoms with Crippen molar-refractivity contribution in [2.24, 2.45) is 0 Å². The van der Waals surface area contributed by atoms with Crippen molar-refractivity contribution in [1.82, 2.24) is 0 Å². The van der Waals surface area contributed by atoms with E-state index < -0.39 is 15.4 Å². The molecule has 0 atom stereocenters. The minimum atomic E-state index is -4.49. The molecule has 0 bridgehead atoms. The van der Waals surface area contributed by atoms with Crippen molar-refractivity contribution in [2.75, 3.05) is 0 Å². The fourth-order valence-corrected chi connectivity index (χ4v) is 0.827. The molecule has 50 valence electrons. The first-order chi connectivity index (χ1) is 3.42. The molecule has 0 heterocycles. The lowest BCUT2D eigenvalue weighted by Crippen LogP contribution is -2.06. The Kier molecular flexibility index (Phi) is 3.00. The zero-order valence-electron chi connectivity index (χ0n) is 3.41. The van der Waals surface area contributed by atoms with Gasteiger partial charge in [0.1, 0.15) is 0 Å². The summed E-state index contributed by atoms with van der Waals surface area (Å²) in [6.45, 7) is 0. The molecule has 7 heteroatoms. The highest BCUT2D eigenvalue weighted by Gasteiger charge is 2.09. The van der Waals surface area contributed by atoms with Crippen LogP contribution in [0.25, 0.3) is 0 Å². The van der Waals surface area contributed by atoms with Crippen LogP contribution in [-0.2, 0) is 14.6 Å². The third-order valence-corrected chi connectivity index (χ3v) is 1.02. The van der Waals surface area contributed by atoms with Crippen molar-refractivity contribution in [1.29, 1.82) is 0 Å². The maximum Gasteiger partial charge on any atom is 0.399 e. The number of rotatable bonds is 2. The van der Waals surface area contributed by atoms with Gasteiger partial charge < -0.3 is 0 Å². The maximum absolute atomic E-state index is 9.61. The second-order valence-corrected chi connectivity index (χ2v) is 2.85. The molecule has 8 heavy (non-hydrogen) atoms. The van der Waals surface area contributed by atoms with E-state index in [2.05, 4.69) is 4.18 Å². The van der Waals surface area contributed by atoms with Crippen molar-refractivity contribution < 1.29 is 17.2 Å². The summed E-state index contributed by atoms with van der Waals surface area (Å²) in [7, 11) is -4.49. The predicted octanol–water partition coefficient (Wildman–Crippen LogP) is 0.567.